The van der Waals surface area contributed by atoms with Crippen LogP contribution in [0.3, 0.4) is 0 Å². The summed E-state index contributed by atoms with van der Waals surface area (Å²) >= 11 is 0. The van der Waals surface area contributed by atoms with Crippen LogP contribution < -0.4 is 9.47 Å². The number of rotatable bonds is 5. The Morgan fingerprint density at radius 2 is 1.73 bits per heavy atom. The van der Waals surface area contributed by atoms with Gasteiger partial charge in [-0.1, -0.05) is 13.8 Å². The molecule has 7 nitrogen and oxygen atoms in total. The van der Waals surface area contributed by atoms with E-state index in [1.54, 1.807) is 35.1 Å². The molecule has 144 valence electrons. The van der Waals surface area contributed by atoms with Crippen molar-refractivity contribution >= 4 is 12.0 Å². The van der Waals surface area contributed by atoms with Crippen LogP contribution in [0.1, 0.15) is 30.6 Å². The molecule has 0 N–H and O–H groups in total. The van der Waals surface area contributed by atoms with E-state index >= 15 is 0 Å². The van der Waals surface area contributed by atoms with Crippen LogP contribution in [0.4, 0.5) is 4.79 Å². The highest BCUT2D eigenvalue weighted by Crippen LogP contribution is 2.25. The molecule has 1 fully saturated rings. The fourth-order valence-corrected chi connectivity index (χ4v) is 2.78. The molecule has 26 heavy (non-hydrogen) atoms. The van der Waals surface area contributed by atoms with Gasteiger partial charge in [0.2, 0.25) is 0 Å². The first-order valence-corrected chi connectivity index (χ1v) is 8.89. The molecule has 1 aliphatic heterocycles. The normalized spacial score (nSPS) is 14.8. The highest BCUT2D eigenvalue weighted by Gasteiger charge is 2.25. The lowest BCUT2D eigenvalue weighted by molar-refractivity contribution is 0.0743. The topological polar surface area (TPSA) is 68.3 Å². The molecule has 0 radical (unpaired) electrons. The van der Waals surface area contributed by atoms with Gasteiger partial charge in [-0.25, -0.2) is 4.79 Å². The molecule has 1 aromatic rings. The first-order chi connectivity index (χ1) is 12.5. The Morgan fingerprint density at radius 3 is 2.38 bits per heavy atom. The SMILES string of the molecule is COc1ccc(OC)c(C(=O)N2CCCN(C(=O)OCC(C)C)CC2)c1. The van der Waals surface area contributed by atoms with E-state index in [9.17, 15) is 9.59 Å². The van der Waals surface area contributed by atoms with Gasteiger partial charge in [-0.15, -0.1) is 0 Å². The molecule has 7 heteroatoms. The van der Waals surface area contributed by atoms with Crippen LogP contribution in [0.5, 0.6) is 11.5 Å². The molecule has 2 rings (SSSR count). The molecular weight excluding hydrogens is 336 g/mol. The molecule has 0 bridgehead atoms. The number of amides is 2. The van der Waals surface area contributed by atoms with Crippen LogP contribution in [-0.4, -0.2) is 68.8 Å². The summed E-state index contributed by atoms with van der Waals surface area (Å²) in [7, 11) is 3.09. The Hall–Kier alpha value is -2.44. The molecule has 0 aromatic heterocycles. The zero-order valence-electron chi connectivity index (χ0n) is 16.0. The molecular formula is C19H28N2O5. The predicted molar refractivity (Wildman–Crippen MR) is 97.8 cm³/mol. The Balaban J connectivity index is 2.04. The van der Waals surface area contributed by atoms with Crippen molar-refractivity contribution in [3.8, 4) is 11.5 Å². The largest absolute Gasteiger partial charge is 0.497 e. The lowest BCUT2D eigenvalue weighted by atomic mass is 10.1. The van der Waals surface area contributed by atoms with E-state index < -0.39 is 0 Å². The summed E-state index contributed by atoms with van der Waals surface area (Å²) in [6.45, 7) is 6.46. The molecule has 0 saturated carbocycles. The Kier molecular flexibility index (Phi) is 7.12. The Morgan fingerprint density at radius 1 is 1.04 bits per heavy atom. The van der Waals surface area contributed by atoms with Crippen LogP contribution >= 0.6 is 0 Å². The maximum Gasteiger partial charge on any atom is 0.409 e. The zero-order chi connectivity index (χ0) is 19.1. The van der Waals surface area contributed by atoms with E-state index in [0.717, 1.165) is 0 Å². The summed E-state index contributed by atoms with van der Waals surface area (Å²) in [5.41, 5.74) is 0.461. The van der Waals surface area contributed by atoms with Gasteiger partial charge in [-0.05, 0) is 30.5 Å². The zero-order valence-corrected chi connectivity index (χ0v) is 16.0. The molecule has 1 aliphatic rings. The van der Waals surface area contributed by atoms with Crippen LogP contribution in [0.2, 0.25) is 0 Å². The van der Waals surface area contributed by atoms with Gasteiger partial charge in [-0.3, -0.25) is 4.79 Å². The molecule has 2 amide bonds. The van der Waals surface area contributed by atoms with Crippen molar-refractivity contribution in [1.82, 2.24) is 9.80 Å². The summed E-state index contributed by atoms with van der Waals surface area (Å²) in [4.78, 5) is 28.5. The van der Waals surface area contributed by atoms with Crippen molar-refractivity contribution in [2.24, 2.45) is 5.92 Å². The minimum atomic E-state index is -0.313. The number of ether oxygens (including phenoxy) is 3. The number of hydrogen-bond donors (Lipinski definition) is 0. The molecule has 0 unspecified atom stereocenters. The van der Waals surface area contributed by atoms with Gasteiger partial charge < -0.3 is 24.0 Å². The monoisotopic (exact) mass is 364 g/mol. The van der Waals surface area contributed by atoms with Crippen molar-refractivity contribution < 1.29 is 23.8 Å². The van der Waals surface area contributed by atoms with Crippen molar-refractivity contribution in [3.63, 3.8) is 0 Å². The quantitative estimate of drug-likeness (QED) is 0.803. The average Bonchev–Trinajstić information content (AvgIpc) is 2.91. The number of carbonyl (C=O) groups is 2. The van der Waals surface area contributed by atoms with Gasteiger partial charge in [0.25, 0.3) is 5.91 Å². The summed E-state index contributed by atoms with van der Waals surface area (Å²) in [5.74, 6) is 1.28. The molecule has 1 saturated heterocycles. The van der Waals surface area contributed by atoms with Crippen molar-refractivity contribution in [2.75, 3.05) is 47.0 Å². The summed E-state index contributed by atoms with van der Waals surface area (Å²) in [6.07, 6.45) is 0.390. The third kappa shape index (κ3) is 5.03. The van der Waals surface area contributed by atoms with Crippen LogP contribution in [-0.2, 0) is 4.74 Å². The second-order valence-corrected chi connectivity index (χ2v) is 6.67. The standard InChI is InChI=1S/C19H28N2O5/c1-14(2)13-26-19(23)21-9-5-8-20(10-11-21)18(22)16-12-15(24-3)6-7-17(16)25-4/h6-7,12,14H,5,8-11,13H2,1-4H3. The Labute approximate surface area is 154 Å². The summed E-state index contributed by atoms with van der Waals surface area (Å²) < 4.78 is 15.8. The number of methoxy groups -OCH3 is 2. The third-order valence-corrected chi connectivity index (χ3v) is 4.22. The smallest absolute Gasteiger partial charge is 0.409 e. The minimum absolute atomic E-state index is 0.127. The second-order valence-electron chi connectivity index (χ2n) is 6.67. The first kappa shape index (κ1) is 19.9. The van der Waals surface area contributed by atoms with Gasteiger partial charge in [0.1, 0.15) is 11.5 Å². The molecule has 0 atom stereocenters. The van der Waals surface area contributed by atoms with Crippen LogP contribution in [0.25, 0.3) is 0 Å². The van der Waals surface area contributed by atoms with Gasteiger partial charge in [-0.2, -0.15) is 0 Å². The molecule has 1 heterocycles. The van der Waals surface area contributed by atoms with Crippen molar-refractivity contribution in [2.45, 2.75) is 20.3 Å². The summed E-state index contributed by atoms with van der Waals surface area (Å²) in [6, 6.07) is 5.16. The maximum absolute atomic E-state index is 12.9. The van der Waals surface area contributed by atoms with Crippen LogP contribution in [0, 0.1) is 5.92 Å². The van der Waals surface area contributed by atoms with Gasteiger partial charge >= 0.3 is 6.09 Å². The maximum atomic E-state index is 12.9. The fourth-order valence-electron chi connectivity index (χ4n) is 2.78. The van der Waals surface area contributed by atoms with Gasteiger partial charge in [0.15, 0.2) is 0 Å². The Bertz CT molecular complexity index is 632. The first-order valence-electron chi connectivity index (χ1n) is 8.89. The molecule has 1 aromatic carbocycles. The van der Waals surface area contributed by atoms with E-state index in [0.29, 0.717) is 62.2 Å². The number of nitrogens with zero attached hydrogens (tertiary/aromatic N) is 2. The lowest BCUT2D eigenvalue weighted by Crippen LogP contribution is -2.38. The van der Waals surface area contributed by atoms with Crippen LogP contribution in [0.15, 0.2) is 18.2 Å². The average molecular weight is 364 g/mol. The van der Waals surface area contributed by atoms with E-state index in [1.807, 2.05) is 13.8 Å². The number of carbonyl (C=O) groups excluding carboxylic acids is 2. The third-order valence-electron chi connectivity index (χ3n) is 4.22. The second kappa shape index (κ2) is 9.31. The fraction of sp³-hybridized carbons (Fsp3) is 0.579. The number of hydrogen-bond acceptors (Lipinski definition) is 5. The lowest BCUT2D eigenvalue weighted by Gasteiger charge is -2.23. The van der Waals surface area contributed by atoms with Gasteiger partial charge in [0.05, 0.1) is 26.4 Å². The van der Waals surface area contributed by atoms with Crippen molar-refractivity contribution in [1.29, 1.82) is 0 Å². The van der Waals surface area contributed by atoms with E-state index in [2.05, 4.69) is 0 Å². The number of benzene rings is 1. The minimum Gasteiger partial charge on any atom is -0.497 e. The van der Waals surface area contributed by atoms with E-state index in [1.165, 1.54) is 7.11 Å². The summed E-state index contributed by atoms with van der Waals surface area (Å²) in [5, 5.41) is 0. The highest BCUT2D eigenvalue weighted by atomic mass is 16.6. The van der Waals surface area contributed by atoms with E-state index in [-0.39, 0.29) is 12.0 Å². The predicted octanol–water partition coefficient (Wildman–Crippen LogP) is 2.64. The molecule has 0 aliphatic carbocycles. The highest BCUT2D eigenvalue weighted by molar-refractivity contribution is 5.97. The van der Waals surface area contributed by atoms with E-state index in [4.69, 9.17) is 14.2 Å². The molecule has 0 spiro atoms. The van der Waals surface area contributed by atoms with Crippen molar-refractivity contribution in [3.05, 3.63) is 23.8 Å². The van der Waals surface area contributed by atoms with Gasteiger partial charge in [0, 0.05) is 26.2 Å².